The predicted octanol–water partition coefficient (Wildman–Crippen LogP) is 2.35. The van der Waals surface area contributed by atoms with Crippen LogP contribution in [0.15, 0.2) is 24.3 Å². The molecular weight excluding hydrogens is 294 g/mol. The summed E-state index contributed by atoms with van der Waals surface area (Å²) in [5.74, 6) is 0.876. The van der Waals surface area contributed by atoms with E-state index in [-0.39, 0.29) is 17.4 Å². The second-order valence-electron chi connectivity index (χ2n) is 6.61. The predicted molar refractivity (Wildman–Crippen MR) is 86.8 cm³/mol. The standard InChI is InChI=1S/C18H25NO4/c1-21-12-16-11-18(13-23-16)7-9-19(10-8-18)17(20)14-3-5-15(22-2)6-4-14/h3-6,16H,7-13H2,1-2H3/t16-/m1/s1. The molecule has 3 rings (SSSR count). The summed E-state index contributed by atoms with van der Waals surface area (Å²) in [6, 6.07) is 7.33. The number of methoxy groups -OCH3 is 2. The number of carbonyl (C=O) groups is 1. The molecule has 126 valence electrons. The van der Waals surface area contributed by atoms with Gasteiger partial charge in [0.15, 0.2) is 0 Å². The molecule has 2 heterocycles. The number of ether oxygens (including phenoxy) is 3. The monoisotopic (exact) mass is 319 g/mol. The summed E-state index contributed by atoms with van der Waals surface area (Å²) in [4.78, 5) is 14.6. The number of nitrogens with zero attached hydrogens (tertiary/aromatic N) is 1. The Bertz CT molecular complexity index is 534. The van der Waals surface area contributed by atoms with Crippen LogP contribution in [0.25, 0.3) is 0 Å². The molecule has 0 radical (unpaired) electrons. The smallest absolute Gasteiger partial charge is 0.253 e. The van der Waals surface area contributed by atoms with Crippen LogP contribution in [-0.4, -0.2) is 57.4 Å². The van der Waals surface area contributed by atoms with Crippen molar-refractivity contribution < 1.29 is 19.0 Å². The quantitative estimate of drug-likeness (QED) is 0.855. The average molecular weight is 319 g/mol. The van der Waals surface area contributed by atoms with E-state index in [2.05, 4.69) is 0 Å². The Morgan fingerprint density at radius 1 is 1.26 bits per heavy atom. The first-order chi connectivity index (χ1) is 11.2. The normalized spacial score (nSPS) is 23.2. The third-order valence-corrected chi connectivity index (χ3v) is 5.09. The number of hydrogen-bond acceptors (Lipinski definition) is 4. The molecule has 1 aromatic carbocycles. The molecule has 1 amide bonds. The Morgan fingerprint density at radius 2 is 1.96 bits per heavy atom. The highest BCUT2D eigenvalue weighted by Crippen LogP contribution is 2.42. The zero-order valence-corrected chi connectivity index (χ0v) is 13.9. The van der Waals surface area contributed by atoms with Crippen LogP contribution in [0, 0.1) is 5.41 Å². The fourth-order valence-corrected chi connectivity index (χ4v) is 3.64. The fourth-order valence-electron chi connectivity index (χ4n) is 3.64. The summed E-state index contributed by atoms with van der Waals surface area (Å²) in [5.41, 5.74) is 0.960. The van der Waals surface area contributed by atoms with E-state index in [1.807, 2.05) is 29.2 Å². The van der Waals surface area contributed by atoms with Gasteiger partial charge in [0.25, 0.3) is 5.91 Å². The van der Waals surface area contributed by atoms with Gasteiger partial charge in [0.05, 0.1) is 26.4 Å². The van der Waals surface area contributed by atoms with Crippen molar-refractivity contribution in [2.75, 3.05) is 40.5 Å². The van der Waals surface area contributed by atoms with Crippen molar-refractivity contribution in [1.29, 1.82) is 0 Å². The van der Waals surface area contributed by atoms with Crippen LogP contribution in [0.3, 0.4) is 0 Å². The molecule has 23 heavy (non-hydrogen) atoms. The molecule has 5 heteroatoms. The second-order valence-corrected chi connectivity index (χ2v) is 6.61. The van der Waals surface area contributed by atoms with Crippen molar-refractivity contribution >= 4 is 5.91 Å². The number of rotatable bonds is 4. The van der Waals surface area contributed by atoms with Gasteiger partial charge in [0, 0.05) is 25.8 Å². The number of amides is 1. The van der Waals surface area contributed by atoms with Gasteiger partial charge in [-0.25, -0.2) is 0 Å². The molecule has 1 atom stereocenters. The van der Waals surface area contributed by atoms with Crippen LogP contribution in [0.2, 0.25) is 0 Å². The minimum Gasteiger partial charge on any atom is -0.497 e. The van der Waals surface area contributed by atoms with Crippen LogP contribution in [0.4, 0.5) is 0 Å². The zero-order valence-electron chi connectivity index (χ0n) is 13.9. The highest BCUT2D eigenvalue weighted by Gasteiger charge is 2.43. The molecule has 2 aliphatic heterocycles. The maximum Gasteiger partial charge on any atom is 0.253 e. The highest BCUT2D eigenvalue weighted by atomic mass is 16.5. The van der Waals surface area contributed by atoms with Crippen LogP contribution in [0.5, 0.6) is 5.75 Å². The van der Waals surface area contributed by atoms with Gasteiger partial charge in [-0.1, -0.05) is 0 Å². The van der Waals surface area contributed by atoms with Gasteiger partial charge in [-0.2, -0.15) is 0 Å². The van der Waals surface area contributed by atoms with Gasteiger partial charge in [-0.05, 0) is 48.9 Å². The first-order valence-electron chi connectivity index (χ1n) is 8.20. The minimum absolute atomic E-state index is 0.106. The lowest BCUT2D eigenvalue weighted by molar-refractivity contribution is 0.0281. The van der Waals surface area contributed by atoms with Crippen LogP contribution >= 0.6 is 0 Å². The molecule has 0 N–H and O–H groups in total. The molecule has 0 unspecified atom stereocenters. The number of piperidine rings is 1. The number of likely N-dealkylation sites (tertiary alicyclic amines) is 1. The fraction of sp³-hybridized carbons (Fsp3) is 0.611. The Labute approximate surface area is 137 Å². The van der Waals surface area contributed by atoms with Crippen molar-refractivity contribution in [1.82, 2.24) is 4.90 Å². The minimum atomic E-state index is 0.106. The van der Waals surface area contributed by atoms with Crippen molar-refractivity contribution in [2.24, 2.45) is 5.41 Å². The molecule has 2 aliphatic rings. The van der Waals surface area contributed by atoms with Gasteiger partial charge in [0.2, 0.25) is 0 Å². The first kappa shape index (κ1) is 16.3. The molecule has 1 aromatic rings. The largest absolute Gasteiger partial charge is 0.497 e. The first-order valence-corrected chi connectivity index (χ1v) is 8.20. The molecule has 2 fully saturated rings. The third kappa shape index (κ3) is 3.51. The summed E-state index contributed by atoms with van der Waals surface area (Å²) >= 11 is 0. The lowest BCUT2D eigenvalue weighted by atomic mass is 9.76. The summed E-state index contributed by atoms with van der Waals surface area (Å²) in [6.07, 6.45) is 3.28. The lowest BCUT2D eigenvalue weighted by Crippen LogP contribution is -2.43. The van der Waals surface area contributed by atoms with E-state index in [0.717, 1.165) is 50.3 Å². The number of benzene rings is 1. The van der Waals surface area contributed by atoms with E-state index in [0.29, 0.717) is 6.61 Å². The van der Waals surface area contributed by atoms with Crippen molar-refractivity contribution in [3.8, 4) is 5.75 Å². The Hall–Kier alpha value is -1.59. The van der Waals surface area contributed by atoms with E-state index in [4.69, 9.17) is 14.2 Å². The zero-order chi connectivity index (χ0) is 16.3. The van der Waals surface area contributed by atoms with Gasteiger partial charge >= 0.3 is 0 Å². The maximum atomic E-state index is 12.6. The van der Waals surface area contributed by atoms with Crippen LogP contribution in [-0.2, 0) is 9.47 Å². The molecule has 5 nitrogen and oxygen atoms in total. The highest BCUT2D eigenvalue weighted by molar-refractivity contribution is 5.94. The van der Waals surface area contributed by atoms with Crippen molar-refractivity contribution in [3.63, 3.8) is 0 Å². The number of hydrogen-bond donors (Lipinski definition) is 0. The Kier molecular flexibility index (Phi) is 4.87. The molecule has 0 aliphatic carbocycles. The molecule has 0 saturated carbocycles. The van der Waals surface area contributed by atoms with Crippen LogP contribution < -0.4 is 4.74 Å². The maximum absolute atomic E-state index is 12.6. The Balaban J connectivity index is 1.57. The Morgan fingerprint density at radius 3 is 2.57 bits per heavy atom. The third-order valence-electron chi connectivity index (χ3n) is 5.09. The molecule has 2 saturated heterocycles. The van der Waals surface area contributed by atoms with Crippen molar-refractivity contribution in [3.05, 3.63) is 29.8 Å². The summed E-state index contributed by atoms with van der Waals surface area (Å²) in [7, 11) is 3.34. The molecule has 0 aromatic heterocycles. The summed E-state index contributed by atoms with van der Waals surface area (Å²) in [5, 5.41) is 0. The summed E-state index contributed by atoms with van der Waals surface area (Å²) < 4.78 is 16.2. The van der Waals surface area contributed by atoms with E-state index in [1.165, 1.54) is 0 Å². The van der Waals surface area contributed by atoms with Gasteiger partial charge in [0.1, 0.15) is 5.75 Å². The van der Waals surface area contributed by atoms with E-state index < -0.39 is 0 Å². The molecular formula is C18H25NO4. The van der Waals surface area contributed by atoms with Crippen LogP contribution in [0.1, 0.15) is 29.6 Å². The summed E-state index contributed by atoms with van der Waals surface area (Å²) in [6.45, 7) is 3.06. The lowest BCUT2D eigenvalue weighted by Gasteiger charge is -2.38. The van der Waals surface area contributed by atoms with Gasteiger partial charge in [-0.3, -0.25) is 4.79 Å². The topological polar surface area (TPSA) is 48.0 Å². The van der Waals surface area contributed by atoms with Gasteiger partial charge < -0.3 is 19.1 Å². The molecule has 0 bridgehead atoms. The number of carbonyl (C=O) groups excluding carboxylic acids is 1. The van der Waals surface area contributed by atoms with E-state index >= 15 is 0 Å². The second kappa shape index (κ2) is 6.89. The molecule has 1 spiro atoms. The van der Waals surface area contributed by atoms with Crippen molar-refractivity contribution in [2.45, 2.75) is 25.4 Å². The SMILES string of the molecule is COC[C@H]1CC2(CCN(C(=O)c3ccc(OC)cc3)CC2)CO1. The average Bonchev–Trinajstić information content (AvgIpc) is 2.98. The van der Waals surface area contributed by atoms with E-state index in [9.17, 15) is 4.79 Å². The van der Waals surface area contributed by atoms with Gasteiger partial charge in [-0.15, -0.1) is 0 Å². The van der Waals surface area contributed by atoms with E-state index in [1.54, 1.807) is 14.2 Å².